The van der Waals surface area contributed by atoms with E-state index >= 15 is 0 Å². The van der Waals surface area contributed by atoms with E-state index in [1.165, 1.54) is 0 Å². The third-order valence-corrected chi connectivity index (χ3v) is 2.96. The number of hydrogen-bond acceptors (Lipinski definition) is 3. The molecule has 1 heterocycles. The Hall–Kier alpha value is -2.36. The number of hydrogen-bond donors (Lipinski definition) is 2. The summed E-state index contributed by atoms with van der Waals surface area (Å²) in [6, 6.07) is 11.4. The van der Waals surface area contributed by atoms with Crippen LogP contribution in [0.25, 0.3) is 0 Å². The molecule has 0 saturated heterocycles. The van der Waals surface area contributed by atoms with Gasteiger partial charge in [0.05, 0.1) is 0 Å². The fourth-order valence-corrected chi connectivity index (χ4v) is 2.12. The second kappa shape index (κ2) is 6.19. The van der Waals surface area contributed by atoms with Crippen LogP contribution in [0.2, 0.25) is 0 Å². The Balaban J connectivity index is 1.92. The number of nitrogens with one attached hydrogen (secondary N) is 1. The van der Waals surface area contributed by atoms with Gasteiger partial charge < -0.3 is 11.1 Å². The number of aromatic nitrogens is 1. The van der Waals surface area contributed by atoms with Gasteiger partial charge >= 0.3 is 0 Å². The highest BCUT2D eigenvalue weighted by molar-refractivity contribution is 5.90. The second-order valence-corrected chi connectivity index (χ2v) is 4.96. The quantitative estimate of drug-likeness (QED) is 0.839. The van der Waals surface area contributed by atoms with Gasteiger partial charge in [-0.15, -0.1) is 0 Å². The van der Waals surface area contributed by atoms with Crippen molar-refractivity contribution in [2.45, 2.75) is 26.7 Å². The largest absolute Gasteiger partial charge is 0.399 e. The highest BCUT2D eigenvalue weighted by atomic mass is 16.1. The van der Waals surface area contributed by atoms with Gasteiger partial charge in [0.15, 0.2) is 0 Å². The number of benzene rings is 1. The average molecular weight is 269 g/mol. The first-order chi connectivity index (χ1) is 9.52. The summed E-state index contributed by atoms with van der Waals surface area (Å²) < 4.78 is 0. The highest BCUT2D eigenvalue weighted by Crippen LogP contribution is 2.11. The summed E-state index contributed by atoms with van der Waals surface area (Å²) in [4.78, 5) is 16.2. The number of anilines is 2. The Morgan fingerprint density at radius 2 is 2.05 bits per heavy atom. The Morgan fingerprint density at radius 3 is 2.75 bits per heavy atom. The van der Waals surface area contributed by atoms with E-state index in [4.69, 9.17) is 5.73 Å². The summed E-state index contributed by atoms with van der Waals surface area (Å²) >= 11 is 0. The van der Waals surface area contributed by atoms with Crippen LogP contribution in [-0.2, 0) is 11.2 Å². The second-order valence-electron chi connectivity index (χ2n) is 4.96. The van der Waals surface area contributed by atoms with Gasteiger partial charge in [0.1, 0.15) is 5.82 Å². The molecule has 1 aromatic carbocycles. The summed E-state index contributed by atoms with van der Waals surface area (Å²) in [6.07, 6.45) is 1.08. The molecule has 0 bridgehead atoms. The lowest BCUT2D eigenvalue weighted by Crippen LogP contribution is -2.13. The monoisotopic (exact) mass is 269 g/mol. The van der Waals surface area contributed by atoms with Gasteiger partial charge in [-0.05, 0) is 55.7 Å². The Bertz CT molecular complexity index is 603. The molecule has 4 nitrogen and oxygen atoms in total. The number of nitrogen functional groups attached to an aromatic ring is 1. The number of amides is 1. The predicted octanol–water partition coefficient (Wildman–Crippen LogP) is 2.85. The van der Waals surface area contributed by atoms with Crippen LogP contribution in [0, 0.1) is 13.8 Å². The molecule has 0 saturated carbocycles. The lowest BCUT2D eigenvalue weighted by atomic mass is 10.1. The molecule has 0 aliphatic heterocycles. The number of carbonyl (C=O) groups excluding carboxylic acids is 1. The molecule has 1 amide bonds. The van der Waals surface area contributed by atoms with Crippen molar-refractivity contribution < 1.29 is 4.79 Å². The Morgan fingerprint density at radius 1 is 1.25 bits per heavy atom. The van der Waals surface area contributed by atoms with Gasteiger partial charge in [-0.2, -0.15) is 0 Å². The van der Waals surface area contributed by atoms with E-state index in [0.29, 0.717) is 18.7 Å². The van der Waals surface area contributed by atoms with Gasteiger partial charge in [0.2, 0.25) is 5.91 Å². The van der Waals surface area contributed by atoms with Crippen LogP contribution in [0.1, 0.15) is 23.2 Å². The minimum atomic E-state index is -0.0371. The van der Waals surface area contributed by atoms with E-state index in [9.17, 15) is 4.79 Å². The number of rotatable bonds is 4. The van der Waals surface area contributed by atoms with Crippen LogP contribution in [0.4, 0.5) is 11.5 Å². The minimum absolute atomic E-state index is 0.0371. The van der Waals surface area contributed by atoms with E-state index in [2.05, 4.69) is 10.3 Å². The minimum Gasteiger partial charge on any atom is -0.399 e. The summed E-state index contributed by atoms with van der Waals surface area (Å²) in [5, 5.41) is 2.83. The first-order valence-electron chi connectivity index (χ1n) is 6.62. The van der Waals surface area contributed by atoms with E-state index < -0.39 is 0 Å². The molecule has 0 spiro atoms. The van der Waals surface area contributed by atoms with E-state index in [1.54, 1.807) is 0 Å². The van der Waals surface area contributed by atoms with Crippen molar-refractivity contribution in [1.29, 1.82) is 0 Å². The van der Waals surface area contributed by atoms with Crippen LogP contribution >= 0.6 is 0 Å². The molecule has 0 unspecified atom stereocenters. The fraction of sp³-hybridized carbons (Fsp3) is 0.250. The SMILES string of the molecule is Cc1cc(C)nc(NC(=O)CCc2cccc(N)c2)c1. The highest BCUT2D eigenvalue weighted by Gasteiger charge is 2.05. The molecule has 0 aliphatic rings. The van der Waals surface area contributed by atoms with Gasteiger partial charge in [-0.25, -0.2) is 4.98 Å². The van der Waals surface area contributed by atoms with Gasteiger partial charge in [-0.1, -0.05) is 12.1 Å². The zero-order chi connectivity index (χ0) is 14.5. The van der Waals surface area contributed by atoms with Crippen LogP contribution < -0.4 is 11.1 Å². The molecule has 0 aliphatic carbocycles. The number of aryl methyl sites for hydroxylation is 3. The molecular weight excluding hydrogens is 250 g/mol. The summed E-state index contributed by atoms with van der Waals surface area (Å²) in [5.41, 5.74) is 9.48. The molecule has 0 atom stereocenters. The Labute approximate surface area is 119 Å². The van der Waals surface area contributed by atoms with Crippen LogP contribution in [0.3, 0.4) is 0 Å². The van der Waals surface area contributed by atoms with Crippen molar-refractivity contribution in [2.75, 3.05) is 11.1 Å². The van der Waals surface area contributed by atoms with Crippen molar-refractivity contribution in [3.63, 3.8) is 0 Å². The zero-order valence-corrected chi connectivity index (χ0v) is 11.8. The first kappa shape index (κ1) is 14.1. The maximum absolute atomic E-state index is 11.9. The summed E-state index contributed by atoms with van der Waals surface area (Å²) in [7, 11) is 0. The summed E-state index contributed by atoms with van der Waals surface area (Å²) in [6.45, 7) is 3.90. The van der Waals surface area contributed by atoms with Crippen molar-refractivity contribution >= 4 is 17.4 Å². The van der Waals surface area contributed by atoms with Gasteiger partial charge in [-0.3, -0.25) is 4.79 Å². The molecule has 1 aromatic heterocycles. The van der Waals surface area contributed by atoms with Crippen molar-refractivity contribution in [3.8, 4) is 0 Å². The summed E-state index contributed by atoms with van der Waals surface area (Å²) in [5.74, 6) is 0.574. The van der Waals surface area contributed by atoms with Gasteiger partial charge in [0.25, 0.3) is 0 Å². The smallest absolute Gasteiger partial charge is 0.225 e. The lowest BCUT2D eigenvalue weighted by Gasteiger charge is -2.07. The molecule has 0 fully saturated rings. The van der Waals surface area contributed by atoms with Crippen molar-refractivity contribution in [3.05, 3.63) is 53.2 Å². The van der Waals surface area contributed by atoms with Crippen molar-refractivity contribution in [2.24, 2.45) is 0 Å². The zero-order valence-electron chi connectivity index (χ0n) is 11.8. The van der Waals surface area contributed by atoms with Crippen LogP contribution in [-0.4, -0.2) is 10.9 Å². The molecular formula is C16H19N3O. The molecule has 20 heavy (non-hydrogen) atoms. The molecule has 4 heteroatoms. The molecule has 2 aromatic rings. The van der Waals surface area contributed by atoms with E-state index in [1.807, 2.05) is 50.2 Å². The first-order valence-corrected chi connectivity index (χ1v) is 6.62. The lowest BCUT2D eigenvalue weighted by molar-refractivity contribution is -0.116. The van der Waals surface area contributed by atoms with Crippen LogP contribution in [0.5, 0.6) is 0 Å². The fourth-order valence-electron chi connectivity index (χ4n) is 2.12. The van der Waals surface area contributed by atoms with Crippen LogP contribution in [0.15, 0.2) is 36.4 Å². The standard InChI is InChI=1S/C16H19N3O/c1-11-8-12(2)18-15(9-11)19-16(20)7-6-13-4-3-5-14(17)10-13/h3-5,8-10H,6-7,17H2,1-2H3,(H,18,19,20). The number of nitrogens with zero attached hydrogens (tertiary/aromatic N) is 1. The topological polar surface area (TPSA) is 68.0 Å². The maximum Gasteiger partial charge on any atom is 0.225 e. The number of nitrogens with two attached hydrogens (primary N) is 1. The molecule has 3 N–H and O–H groups in total. The molecule has 104 valence electrons. The number of carbonyl (C=O) groups is 1. The third-order valence-electron chi connectivity index (χ3n) is 2.96. The van der Waals surface area contributed by atoms with E-state index in [-0.39, 0.29) is 5.91 Å². The number of pyridine rings is 1. The average Bonchev–Trinajstić information content (AvgIpc) is 2.35. The molecule has 2 rings (SSSR count). The third kappa shape index (κ3) is 4.09. The normalized spacial score (nSPS) is 10.3. The van der Waals surface area contributed by atoms with E-state index in [0.717, 1.165) is 22.5 Å². The predicted molar refractivity (Wildman–Crippen MR) is 81.5 cm³/mol. The van der Waals surface area contributed by atoms with Gasteiger partial charge in [0, 0.05) is 17.8 Å². The molecule has 0 radical (unpaired) electrons. The maximum atomic E-state index is 11.9. The Kier molecular flexibility index (Phi) is 4.35. The van der Waals surface area contributed by atoms with Crippen molar-refractivity contribution in [1.82, 2.24) is 4.98 Å².